The molecule has 1 N–H and O–H groups in total. The number of phenolic OH excluding ortho intramolecular Hbond substituents is 1. The average molecular weight is 621 g/mol. The van der Waals surface area contributed by atoms with Crippen LogP contribution in [0.1, 0.15) is 51.4 Å². The maximum absolute atomic E-state index is 16.8. The van der Waals surface area contributed by atoms with Gasteiger partial charge in [-0.25, -0.2) is 4.39 Å². The van der Waals surface area contributed by atoms with E-state index in [0.29, 0.717) is 42.0 Å². The number of fused-ring (bicyclic) bond motifs is 5. The molecule has 2 atom stereocenters. The standard InChI is InChI=1S/C36H37FN6O3/c37-32-28(30-19-26(44)18-23-6-1-2-7-27(23)30)11-12-29-33(32)39-35(46-22-36-13-4-16-42(36)17-5-14-36)40-34(29)41-20-24-9-10-25(21-41)43(24)31(45)8-3-15-38/h1-2,6-7,11-12,18-19,24-25,44H,3-5,8-10,13-14,16-17,20-22H2/t24-,25+. The van der Waals surface area contributed by atoms with Gasteiger partial charge in [-0.1, -0.05) is 30.3 Å². The minimum Gasteiger partial charge on any atom is -0.508 e. The summed E-state index contributed by atoms with van der Waals surface area (Å²) in [5, 5.41) is 21.8. The summed E-state index contributed by atoms with van der Waals surface area (Å²) >= 11 is 0. The number of rotatable bonds is 7. The van der Waals surface area contributed by atoms with E-state index in [2.05, 4.69) is 15.9 Å². The zero-order valence-corrected chi connectivity index (χ0v) is 25.8. The molecular weight excluding hydrogens is 583 g/mol. The molecule has 4 aliphatic heterocycles. The van der Waals surface area contributed by atoms with Gasteiger partial charge in [0.05, 0.1) is 11.6 Å². The van der Waals surface area contributed by atoms with Gasteiger partial charge in [-0.2, -0.15) is 15.2 Å². The van der Waals surface area contributed by atoms with Crippen LogP contribution in [0.4, 0.5) is 10.2 Å². The number of phenols is 1. The summed E-state index contributed by atoms with van der Waals surface area (Å²) in [5.41, 5.74) is 1.09. The van der Waals surface area contributed by atoms with Crippen LogP contribution in [0, 0.1) is 17.1 Å². The number of aromatic hydroxyl groups is 1. The van der Waals surface area contributed by atoms with Crippen LogP contribution in [0.5, 0.6) is 11.8 Å². The van der Waals surface area contributed by atoms with Gasteiger partial charge in [-0.3, -0.25) is 9.69 Å². The lowest BCUT2D eigenvalue weighted by Crippen LogP contribution is -2.56. The lowest BCUT2D eigenvalue weighted by molar-refractivity contribution is -0.134. The maximum Gasteiger partial charge on any atom is 0.319 e. The predicted molar refractivity (Wildman–Crippen MR) is 173 cm³/mol. The molecule has 0 aliphatic carbocycles. The van der Waals surface area contributed by atoms with Crippen LogP contribution in [-0.4, -0.2) is 81.2 Å². The first-order chi connectivity index (χ1) is 22.4. The van der Waals surface area contributed by atoms with E-state index < -0.39 is 5.82 Å². The van der Waals surface area contributed by atoms with Crippen molar-refractivity contribution in [2.24, 2.45) is 0 Å². The summed E-state index contributed by atoms with van der Waals surface area (Å²) in [5.74, 6) is 0.211. The molecular formula is C36H37FN6O3. The van der Waals surface area contributed by atoms with Gasteiger partial charge in [0.2, 0.25) is 5.91 Å². The molecule has 0 spiro atoms. The van der Waals surface area contributed by atoms with Crippen LogP contribution >= 0.6 is 0 Å². The number of nitriles is 1. The minimum absolute atomic E-state index is 0.00605. The average Bonchev–Trinajstić information content (AvgIpc) is 3.73. The molecule has 8 rings (SSSR count). The number of anilines is 1. The van der Waals surface area contributed by atoms with Crippen LogP contribution in [0.2, 0.25) is 0 Å². The van der Waals surface area contributed by atoms with Crippen LogP contribution in [0.25, 0.3) is 32.8 Å². The Labute approximate surface area is 267 Å². The van der Waals surface area contributed by atoms with Gasteiger partial charge in [0.15, 0.2) is 5.82 Å². The molecule has 4 aliphatic rings. The number of ether oxygens (including phenoxy) is 1. The molecule has 5 heterocycles. The third-order valence-electron chi connectivity index (χ3n) is 10.7. The van der Waals surface area contributed by atoms with Crippen molar-refractivity contribution in [2.45, 2.75) is 69.0 Å². The van der Waals surface area contributed by atoms with E-state index in [1.54, 1.807) is 18.2 Å². The Kier molecular flexibility index (Phi) is 7.17. The summed E-state index contributed by atoms with van der Waals surface area (Å²) in [4.78, 5) is 29.3. The number of carbonyl (C=O) groups is 1. The number of nitrogens with zero attached hydrogens (tertiary/aromatic N) is 6. The maximum atomic E-state index is 16.8. The van der Waals surface area contributed by atoms with Gasteiger partial charge in [-0.05, 0) is 86.1 Å². The number of amides is 1. The smallest absolute Gasteiger partial charge is 0.319 e. The van der Waals surface area contributed by atoms with E-state index in [-0.39, 0.29) is 53.6 Å². The zero-order valence-electron chi connectivity index (χ0n) is 25.8. The number of carbonyl (C=O) groups excluding carboxylic acids is 1. The SMILES string of the molecule is N#CCCC(=O)N1[C@@H]2CC[C@H]1CN(c1nc(OCC34CCCN3CCC4)nc3c(F)c(-c4cc(O)cc5ccccc45)ccc13)C2. The topological polar surface area (TPSA) is 106 Å². The number of piperazine rings is 1. The third kappa shape index (κ3) is 4.80. The minimum atomic E-state index is -0.489. The normalized spacial score (nSPS) is 22.0. The summed E-state index contributed by atoms with van der Waals surface area (Å²) in [6.07, 6.45) is 6.63. The van der Waals surface area contributed by atoms with Crippen molar-refractivity contribution in [3.8, 4) is 29.0 Å². The van der Waals surface area contributed by atoms with Crippen LogP contribution in [-0.2, 0) is 4.79 Å². The summed E-state index contributed by atoms with van der Waals surface area (Å²) in [7, 11) is 0. The van der Waals surface area contributed by atoms with Gasteiger partial charge in [0.1, 0.15) is 23.7 Å². The Morgan fingerprint density at radius 3 is 2.54 bits per heavy atom. The highest BCUT2D eigenvalue weighted by molar-refractivity contribution is 6.01. The molecule has 4 aromatic rings. The number of hydrogen-bond acceptors (Lipinski definition) is 8. The first kappa shape index (κ1) is 28.9. The second kappa shape index (κ2) is 11.4. The van der Waals surface area contributed by atoms with Crippen molar-refractivity contribution < 1.29 is 19.0 Å². The molecule has 236 valence electrons. The van der Waals surface area contributed by atoms with Gasteiger partial charge in [-0.15, -0.1) is 0 Å². The summed E-state index contributed by atoms with van der Waals surface area (Å²) < 4.78 is 23.2. The van der Waals surface area contributed by atoms with E-state index in [9.17, 15) is 9.90 Å². The zero-order chi connectivity index (χ0) is 31.4. The second-order valence-corrected chi connectivity index (χ2v) is 13.3. The lowest BCUT2D eigenvalue weighted by Gasteiger charge is -2.42. The molecule has 2 bridgehead atoms. The van der Waals surface area contributed by atoms with Gasteiger partial charge in [0, 0.05) is 49.0 Å². The lowest BCUT2D eigenvalue weighted by atomic mass is 9.95. The van der Waals surface area contributed by atoms with Crippen LogP contribution < -0.4 is 9.64 Å². The predicted octanol–water partition coefficient (Wildman–Crippen LogP) is 5.79. The van der Waals surface area contributed by atoms with E-state index in [0.717, 1.165) is 62.4 Å². The third-order valence-corrected chi connectivity index (χ3v) is 10.7. The second-order valence-electron chi connectivity index (χ2n) is 13.3. The number of halogens is 1. The molecule has 1 amide bonds. The van der Waals surface area contributed by atoms with Gasteiger partial charge >= 0.3 is 6.01 Å². The van der Waals surface area contributed by atoms with Gasteiger partial charge in [0.25, 0.3) is 0 Å². The van der Waals surface area contributed by atoms with Crippen molar-refractivity contribution in [3.05, 3.63) is 54.3 Å². The van der Waals surface area contributed by atoms with Crippen molar-refractivity contribution >= 4 is 33.4 Å². The molecule has 0 saturated carbocycles. The highest BCUT2D eigenvalue weighted by atomic mass is 19.1. The van der Waals surface area contributed by atoms with Crippen molar-refractivity contribution in [1.82, 2.24) is 19.8 Å². The Balaban J connectivity index is 1.20. The fourth-order valence-electron chi connectivity index (χ4n) is 8.59. The highest BCUT2D eigenvalue weighted by Crippen LogP contribution is 2.42. The van der Waals surface area contributed by atoms with E-state index in [1.807, 2.05) is 35.2 Å². The molecule has 4 fully saturated rings. The van der Waals surface area contributed by atoms with Crippen LogP contribution in [0.3, 0.4) is 0 Å². The fraction of sp³-hybridized carbons (Fsp3) is 0.444. The van der Waals surface area contributed by atoms with Crippen molar-refractivity contribution in [2.75, 3.05) is 37.7 Å². The molecule has 3 aromatic carbocycles. The molecule has 46 heavy (non-hydrogen) atoms. The monoisotopic (exact) mass is 620 g/mol. The largest absolute Gasteiger partial charge is 0.508 e. The van der Waals surface area contributed by atoms with E-state index >= 15 is 4.39 Å². The van der Waals surface area contributed by atoms with E-state index in [1.165, 1.54) is 0 Å². The van der Waals surface area contributed by atoms with Crippen molar-refractivity contribution in [1.29, 1.82) is 5.26 Å². The van der Waals surface area contributed by atoms with Crippen LogP contribution in [0.15, 0.2) is 48.5 Å². The van der Waals surface area contributed by atoms with E-state index in [4.69, 9.17) is 20.0 Å². The molecule has 0 radical (unpaired) electrons. The molecule has 9 nitrogen and oxygen atoms in total. The number of aromatic nitrogens is 2. The number of benzene rings is 3. The Morgan fingerprint density at radius 2 is 1.78 bits per heavy atom. The first-order valence-corrected chi connectivity index (χ1v) is 16.5. The van der Waals surface area contributed by atoms with Gasteiger partial charge < -0.3 is 19.6 Å². The molecule has 10 heteroatoms. The summed E-state index contributed by atoms with van der Waals surface area (Å²) in [6, 6.07) is 16.8. The number of hydrogen-bond donors (Lipinski definition) is 1. The molecule has 0 unspecified atom stereocenters. The molecule has 1 aromatic heterocycles. The Bertz CT molecular complexity index is 1870. The Hall–Kier alpha value is -4.49. The first-order valence-electron chi connectivity index (χ1n) is 16.5. The fourth-order valence-corrected chi connectivity index (χ4v) is 8.59. The van der Waals surface area contributed by atoms with Crippen molar-refractivity contribution in [3.63, 3.8) is 0 Å². The molecule has 4 saturated heterocycles. The Morgan fingerprint density at radius 1 is 1.02 bits per heavy atom. The summed E-state index contributed by atoms with van der Waals surface area (Å²) in [6.45, 7) is 3.74. The quantitative estimate of drug-likeness (QED) is 0.277. The highest BCUT2D eigenvalue weighted by Gasteiger charge is 2.46.